The maximum absolute atomic E-state index is 13.8. The number of aryl methyl sites for hydroxylation is 1. The van der Waals surface area contributed by atoms with Gasteiger partial charge in [-0.1, -0.05) is 45.0 Å². The molecule has 140 valence electrons. The van der Waals surface area contributed by atoms with Crippen molar-refractivity contribution in [3.8, 4) is 0 Å². The van der Waals surface area contributed by atoms with Gasteiger partial charge >= 0.3 is 0 Å². The number of aliphatic hydroxyl groups is 1. The van der Waals surface area contributed by atoms with Crippen molar-refractivity contribution in [2.45, 2.75) is 57.7 Å². The van der Waals surface area contributed by atoms with Crippen molar-refractivity contribution in [3.05, 3.63) is 70.8 Å². The Bertz CT molecular complexity index is 750. The quantitative estimate of drug-likeness (QED) is 0.740. The molecule has 2 nitrogen and oxygen atoms in total. The van der Waals surface area contributed by atoms with Gasteiger partial charge in [0.05, 0.1) is 12.1 Å². The molecule has 0 bridgehead atoms. The van der Waals surface area contributed by atoms with E-state index in [2.05, 4.69) is 30.4 Å². The average molecular weight is 359 g/mol. The first-order valence-corrected chi connectivity index (χ1v) is 9.36. The fourth-order valence-electron chi connectivity index (χ4n) is 3.53. The molecule has 2 unspecified atom stereocenters. The average Bonchev–Trinajstić information content (AvgIpc) is 3.39. The molecular formula is C22H27F2NO. The minimum atomic E-state index is -0.747. The highest BCUT2D eigenvalue weighted by Crippen LogP contribution is 2.48. The molecule has 3 rings (SSSR count). The SMILES string of the molecule is CCc1cccc(C2(NC(c3cc(F)cc(F)c3)C(O)C(C)C)CC2)c1. The predicted molar refractivity (Wildman–Crippen MR) is 99.8 cm³/mol. The molecule has 0 radical (unpaired) electrons. The highest BCUT2D eigenvalue weighted by atomic mass is 19.1. The van der Waals surface area contributed by atoms with E-state index in [1.165, 1.54) is 23.3 Å². The highest BCUT2D eigenvalue weighted by Gasteiger charge is 2.47. The third-order valence-corrected chi connectivity index (χ3v) is 5.34. The summed E-state index contributed by atoms with van der Waals surface area (Å²) in [5.74, 6) is -1.29. The minimum absolute atomic E-state index is 0.0448. The minimum Gasteiger partial charge on any atom is -0.391 e. The maximum Gasteiger partial charge on any atom is 0.126 e. The topological polar surface area (TPSA) is 32.3 Å². The van der Waals surface area contributed by atoms with Gasteiger partial charge in [0.25, 0.3) is 0 Å². The van der Waals surface area contributed by atoms with Gasteiger partial charge in [-0.05, 0) is 54.0 Å². The molecule has 1 saturated carbocycles. The lowest BCUT2D eigenvalue weighted by atomic mass is 9.91. The largest absolute Gasteiger partial charge is 0.391 e. The van der Waals surface area contributed by atoms with E-state index in [0.717, 1.165) is 25.3 Å². The summed E-state index contributed by atoms with van der Waals surface area (Å²) in [6.45, 7) is 5.94. The first-order valence-electron chi connectivity index (χ1n) is 9.36. The summed E-state index contributed by atoms with van der Waals surface area (Å²) in [4.78, 5) is 0. The summed E-state index contributed by atoms with van der Waals surface area (Å²) in [7, 11) is 0. The number of nitrogens with one attached hydrogen (secondary N) is 1. The number of halogens is 2. The molecule has 0 spiro atoms. The van der Waals surface area contributed by atoms with Crippen molar-refractivity contribution >= 4 is 0 Å². The number of hydrogen-bond donors (Lipinski definition) is 2. The van der Waals surface area contributed by atoms with Crippen LogP contribution in [0.5, 0.6) is 0 Å². The van der Waals surface area contributed by atoms with Gasteiger partial charge in [0.2, 0.25) is 0 Å². The molecular weight excluding hydrogens is 332 g/mol. The number of benzene rings is 2. The van der Waals surface area contributed by atoms with Crippen LogP contribution in [0.15, 0.2) is 42.5 Å². The van der Waals surface area contributed by atoms with Crippen LogP contribution < -0.4 is 5.32 Å². The molecule has 26 heavy (non-hydrogen) atoms. The smallest absolute Gasteiger partial charge is 0.126 e. The molecule has 0 aromatic heterocycles. The lowest BCUT2D eigenvalue weighted by Crippen LogP contribution is -2.41. The van der Waals surface area contributed by atoms with Crippen molar-refractivity contribution in [1.82, 2.24) is 5.32 Å². The molecule has 1 fully saturated rings. The summed E-state index contributed by atoms with van der Waals surface area (Å²) in [6.07, 6.45) is 2.10. The zero-order valence-corrected chi connectivity index (χ0v) is 15.6. The van der Waals surface area contributed by atoms with Crippen molar-refractivity contribution in [2.75, 3.05) is 0 Å². The van der Waals surface area contributed by atoms with E-state index in [4.69, 9.17) is 0 Å². The van der Waals surface area contributed by atoms with Crippen molar-refractivity contribution in [2.24, 2.45) is 5.92 Å². The van der Waals surface area contributed by atoms with Crippen molar-refractivity contribution < 1.29 is 13.9 Å². The van der Waals surface area contributed by atoms with Crippen LogP contribution in [-0.4, -0.2) is 11.2 Å². The van der Waals surface area contributed by atoms with Gasteiger partial charge < -0.3 is 5.11 Å². The van der Waals surface area contributed by atoms with Gasteiger partial charge in [-0.3, -0.25) is 5.32 Å². The lowest BCUT2D eigenvalue weighted by molar-refractivity contribution is 0.0752. The van der Waals surface area contributed by atoms with E-state index < -0.39 is 23.8 Å². The molecule has 2 N–H and O–H groups in total. The Morgan fingerprint density at radius 3 is 2.27 bits per heavy atom. The van der Waals surface area contributed by atoms with Crippen LogP contribution in [0.1, 0.15) is 56.3 Å². The fraction of sp³-hybridized carbons (Fsp3) is 0.455. The second-order valence-corrected chi connectivity index (χ2v) is 7.70. The zero-order valence-electron chi connectivity index (χ0n) is 15.6. The Labute approximate surface area is 154 Å². The number of hydrogen-bond acceptors (Lipinski definition) is 2. The van der Waals surface area contributed by atoms with Crippen LogP contribution in [0.4, 0.5) is 8.78 Å². The Morgan fingerprint density at radius 1 is 1.08 bits per heavy atom. The van der Waals surface area contributed by atoms with Crippen LogP contribution in [-0.2, 0) is 12.0 Å². The number of rotatable bonds is 7. The zero-order chi connectivity index (χ0) is 18.9. The predicted octanol–water partition coefficient (Wildman–Crippen LogP) is 4.86. The molecule has 0 saturated heterocycles. The Balaban J connectivity index is 1.95. The van der Waals surface area contributed by atoms with Gasteiger partial charge in [-0.15, -0.1) is 0 Å². The molecule has 2 aromatic carbocycles. The van der Waals surface area contributed by atoms with E-state index >= 15 is 0 Å². The van der Waals surface area contributed by atoms with Crippen molar-refractivity contribution in [1.29, 1.82) is 0 Å². The molecule has 0 amide bonds. The summed E-state index contributed by atoms with van der Waals surface area (Å²) < 4.78 is 27.5. The monoisotopic (exact) mass is 359 g/mol. The molecule has 2 aromatic rings. The maximum atomic E-state index is 13.8. The van der Waals surface area contributed by atoms with Gasteiger partial charge in [0.1, 0.15) is 11.6 Å². The van der Waals surface area contributed by atoms with Gasteiger partial charge in [0, 0.05) is 11.6 Å². The molecule has 2 atom stereocenters. The molecule has 1 aliphatic carbocycles. The summed E-state index contributed by atoms with van der Waals surface area (Å²) >= 11 is 0. The summed E-state index contributed by atoms with van der Waals surface area (Å²) in [5, 5.41) is 14.3. The third-order valence-electron chi connectivity index (χ3n) is 5.34. The highest BCUT2D eigenvalue weighted by molar-refractivity contribution is 5.35. The van der Waals surface area contributed by atoms with Gasteiger partial charge in [-0.2, -0.15) is 0 Å². The summed E-state index contributed by atoms with van der Waals surface area (Å²) in [5.41, 5.74) is 2.64. The third kappa shape index (κ3) is 3.97. The van der Waals surface area contributed by atoms with Crippen LogP contribution in [0.3, 0.4) is 0 Å². The normalized spacial score (nSPS) is 18.0. The van der Waals surface area contributed by atoms with Gasteiger partial charge in [0.15, 0.2) is 0 Å². The Morgan fingerprint density at radius 2 is 1.73 bits per heavy atom. The van der Waals surface area contributed by atoms with Crippen LogP contribution in [0, 0.1) is 17.6 Å². The van der Waals surface area contributed by atoms with E-state index in [9.17, 15) is 13.9 Å². The number of aliphatic hydroxyl groups excluding tert-OH is 1. The molecule has 4 heteroatoms. The first-order chi connectivity index (χ1) is 12.3. The van der Waals surface area contributed by atoms with E-state index in [1.54, 1.807) is 0 Å². The second-order valence-electron chi connectivity index (χ2n) is 7.70. The first kappa shape index (κ1) is 19.0. The Kier molecular flexibility index (Phi) is 5.44. The molecule has 1 aliphatic rings. The van der Waals surface area contributed by atoms with Gasteiger partial charge in [-0.25, -0.2) is 8.78 Å². The van der Waals surface area contributed by atoms with Crippen LogP contribution in [0.25, 0.3) is 0 Å². The van der Waals surface area contributed by atoms with E-state index in [-0.39, 0.29) is 11.5 Å². The fourth-order valence-corrected chi connectivity index (χ4v) is 3.53. The van der Waals surface area contributed by atoms with E-state index in [1.807, 2.05) is 19.9 Å². The molecule has 0 aliphatic heterocycles. The molecule has 0 heterocycles. The van der Waals surface area contributed by atoms with Crippen LogP contribution >= 0.6 is 0 Å². The van der Waals surface area contributed by atoms with E-state index in [0.29, 0.717) is 5.56 Å². The second kappa shape index (κ2) is 7.45. The lowest BCUT2D eigenvalue weighted by Gasteiger charge is -2.32. The van der Waals surface area contributed by atoms with Crippen molar-refractivity contribution in [3.63, 3.8) is 0 Å². The Hall–Kier alpha value is -1.78. The summed E-state index contributed by atoms with van der Waals surface area (Å²) in [6, 6.07) is 11.4. The standard InChI is InChI=1S/C22H27F2NO/c1-4-15-6-5-7-17(10-15)22(8-9-22)25-20(21(26)14(2)3)16-11-18(23)13-19(24)12-16/h5-7,10-14,20-21,25-26H,4,8-9H2,1-3H3. The van der Waals surface area contributed by atoms with Crippen LogP contribution in [0.2, 0.25) is 0 Å².